The third-order valence-corrected chi connectivity index (χ3v) is 80.0. The molecule has 0 radical (unpaired) electrons. The molecule has 0 N–H and O–H groups in total. The molecule has 0 aromatic rings. The van der Waals surface area contributed by atoms with Crippen LogP contribution in [0.4, 0.5) is 0 Å². The molecular weight excluding hydrogens is 523 g/mol. The number of hydrogen-bond donors (Lipinski definition) is 0. The van der Waals surface area contributed by atoms with Crippen molar-refractivity contribution in [1.29, 1.82) is 0 Å². The Labute approximate surface area is 240 Å². The Bertz CT molecular complexity index is 462. The van der Waals surface area contributed by atoms with E-state index in [1.54, 1.807) is 0 Å². The summed E-state index contributed by atoms with van der Waals surface area (Å²) in [5.74, 6) is 0. The van der Waals surface area contributed by atoms with E-state index in [-0.39, 0.29) is 59.1 Å². The smallest absolute Gasteiger partial charge is 0.667 e. The van der Waals surface area contributed by atoms with E-state index in [0.29, 0.717) is 0 Å². The molecule has 30 heavy (non-hydrogen) atoms. The third kappa shape index (κ3) is 7.30. The first-order chi connectivity index (χ1) is 11.8. The molecule has 2 rings (SSSR count). The summed E-state index contributed by atoms with van der Waals surface area (Å²) >= 11 is 0. The molecule has 2 heterocycles. The van der Waals surface area contributed by atoms with Crippen LogP contribution in [0.5, 0.6) is 0 Å². The van der Waals surface area contributed by atoms with Crippen LogP contribution in [0.25, 0.3) is 9.30 Å². The first kappa shape index (κ1) is 35.7. The van der Waals surface area contributed by atoms with Crippen molar-refractivity contribution in [3.05, 3.63) is 9.30 Å². The zero-order chi connectivity index (χ0) is 22.8. The fraction of sp³-hybridized carbons (Fsp3) is 1.00. The normalized spacial score (nSPS) is 30.4. The molecule has 2 saturated heterocycles. The van der Waals surface area contributed by atoms with Gasteiger partial charge >= 0.3 is 59.1 Å². The van der Waals surface area contributed by atoms with Gasteiger partial charge in [0, 0.05) is 0 Å². The van der Waals surface area contributed by atoms with Crippen LogP contribution >= 0.6 is 0 Å². The summed E-state index contributed by atoms with van der Waals surface area (Å²) in [4.78, 5) is 0. The van der Waals surface area contributed by atoms with Crippen LogP contribution in [0.3, 0.4) is 0 Å². The van der Waals surface area contributed by atoms with E-state index in [1.165, 1.54) is 0 Å². The Morgan fingerprint density at radius 3 is 0.567 bits per heavy atom. The van der Waals surface area contributed by atoms with Crippen molar-refractivity contribution in [3.63, 3.8) is 0 Å². The van der Waals surface area contributed by atoms with Crippen molar-refractivity contribution in [2.24, 2.45) is 0 Å². The fourth-order valence-electron chi connectivity index (χ4n) is 3.71. The number of rotatable bonds is 0. The minimum Gasteiger partial charge on any atom is -0.667 e. The van der Waals surface area contributed by atoms with Gasteiger partial charge in [0.2, 0.25) is 0 Å². The average Bonchev–Trinajstić information content (AvgIpc) is 2.30. The van der Waals surface area contributed by atoms with Gasteiger partial charge in [-0.3, -0.25) is 0 Å². The third-order valence-electron chi connectivity index (χ3n) is 8.03. The molecule has 0 bridgehead atoms. The van der Waals surface area contributed by atoms with Crippen LogP contribution < -0.4 is 59.1 Å². The van der Waals surface area contributed by atoms with Gasteiger partial charge in [-0.1, -0.05) is 105 Å². The first-order valence-electron chi connectivity index (χ1n) is 10.7. The molecule has 0 amide bonds. The van der Waals surface area contributed by atoms with Crippen LogP contribution in [-0.4, -0.2) is 62.4 Å². The summed E-state index contributed by atoms with van der Waals surface area (Å²) in [6.45, 7) is 38.2. The standard InChI is InChI=1S/2C8H24NOSi4.2Na/c2*1-11(2)9-12(3,4)14(7,8)10-13(11,5)6;;/h2*1-8H3;;/q2*-1;2*+1. The van der Waals surface area contributed by atoms with Gasteiger partial charge in [-0.2, -0.15) is 0 Å². The van der Waals surface area contributed by atoms with E-state index in [4.69, 9.17) is 17.5 Å². The summed E-state index contributed by atoms with van der Waals surface area (Å²) in [5.41, 5.74) is 0. The Kier molecular flexibility index (Phi) is 12.5. The predicted molar refractivity (Wildman–Crippen MR) is 149 cm³/mol. The summed E-state index contributed by atoms with van der Waals surface area (Å²) in [5, 5.41) is 0. The zero-order valence-electron chi connectivity index (χ0n) is 23.7. The minimum absolute atomic E-state index is 0. The maximum Gasteiger partial charge on any atom is 1.00 e. The molecule has 0 spiro atoms. The predicted octanol–water partition coefficient (Wildman–Crippen LogP) is 0.743. The Morgan fingerprint density at radius 2 is 0.467 bits per heavy atom. The van der Waals surface area contributed by atoms with Crippen molar-refractivity contribution in [3.8, 4) is 0 Å². The van der Waals surface area contributed by atoms with Crippen molar-refractivity contribution in [2.45, 2.75) is 105 Å². The largest absolute Gasteiger partial charge is 1.00 e. The molecule has 168 valence electrons. The van der Waals surface area contributed by atoms with E-state index in [2.05, 4.69) is 105 Å². The molecule has 0 aromatic carbocycles. The van der Waals surface area contributed by atoms with Gasteiger partial charge in [-0.15, -0.1) is 0 Å². The van der Waals surface area contributed by atoms with E-state index < -0.39 is 62.4 Å². The van der Waals surface area contributed by atoms with Gasteiger partial charge < -0.3 is 17.5 Å². The number of hydrogen-bond acceptors (Lipinski definition) is 2. The van der Waals surface area contributed by atoms with Crippen molar-refractivity contribution in [1.82, 2.24) is 0 Å². The van der Waals surface area contributed by atoms with Crippen molar-refractivity contribution >= 4 is 62.4 Å². The molecule has 14 heteroatoms. The van der Waals surface area contributed by atoms with E-state index in [0.717, 1.165) is 0 Å². The second-order valence-corrected chi connectivity index (χ2v) is 69.8. The molecule has 4 nitrogen and oxygen atoms in total. The zero-order valence-corrected chi connectivity index (χ0v) is 35.7. The van der Waals surface area contributed by atoms with Crippen molar-refractivity contribution < 1.29 is 67.3 Å². The van der Waals surface area contributed by atoms with Crippen LogP contribution in [0.1, 0.15) is 0 Å². The summed E-state index contributed by atoms with van der Waals surface area (Å²) < 4.78 is 23.9. The van der Waals surface area contributed by atoms with Gasteiger partial charge in [0.1, 0.15) is 31.3 Å². The second-order valence-electron chi connectivity index (χ2n) is 12.7. The summed E-state index contributed by atoms with van der Waals surface area (Å²) in [6.07, 6.45) is 0. The number of nitrogens with zero attached hydrogens (tertiary/aromatic N) is 2. The Balaban J connectivity index is 0. The molecule has 2 aliphatic heterocycles. The van der Waals surface area contributed by atoms with E-state index in [1.807, 2.05) is 0 Å². The molecule has 2 fully saturated rings. The van der Waals surface area contributed by atoms with E-state index >= 15 is 0 Å². The van der Waals surface area contributed by atoms with E-state index in [9.17, 15) is 0 Å². The minimum atomic E-state index is -1.47. The fourth-order valence-corrected chi connectivity index (χ4v) is 75.2. The monoisotopic (exact) mass is 570 g/mol. The van der Waals surface area contributed by atoms with Gasteiger partial charge in [-0.05, 0) is 31.0 Å². The molecular formula is C16H48N2Na2O2Si8. The molecule has 2 aliphatic rings. The first-order valence-corrected chi connectivity index (χ1v) is 38.1. The van der Waals surface area contributed by atoms with Crippen LogP contribution in [0, 0.1) is 0 Å². The second kappa shape index (κ2) is 10.5. The molecule has 0 unspecified atom stereocenters. The van der Waals surface area contributed by atoms with Crippen molar-refractivity contribution in [2.75, 3.05) is 0 Å². The summed E-state index contributed by atoms with van der Waals surface area (Å²) in [7, 11) is -11.5. The quantitative estimate of drug-likeness (QED) is 0.404. The maximum atomic E-state index is 6.60. The van der Waals surface area contributed by atoms with Gasteiger partial charge in [0.05, 0.1) is 0 Å². The van der Waals surface area contributed by atoms with Crippen LogP contribution in [0.2, 0.25) is 105 Å². The maximum absolute atomic E-state index is 6.60. The van der Waals surface area contributed by atoms with Crippen LogP contribution in [-0.2, 0) is 8.23 Å². The van der Waals surface area contributed by atoms with Gasteiger partial charge in [0.25, 0.3) is 0 Å². The average molecular weight is 571 g/mol. The Morgan fingerprint density at radius 1 is 0.333 bits per heavy atom. The summed E-state index contributed by atoms with van der Waals surface area (Å²) in [6, 6.07) is 0. The molecule has 0 saturated carbocycles. The SMILES string of the molecule is C[Si]1(C)[N-][Si](C)(C)[Si](C)(C)O[Si]1(C)C.C[Si]1(C)[N-][Si](C)(C)[Si](C)(C)O[Si]1(C)C.[Na+].[Na+]. The molecule has 0 atom stereocenters. The molecule has 0 aliphatic carbocycles. The topological polar surface area (TPSA) is 46.7 Å². The van der Waals surface area contributed by atoms with Gasteiger partial charge in [-0.25, -0.2) is 0 Å². The molecule has 0 aromatic heterocycles. The Hall–Kier alpha value is 3.58. The van der Waals surface area contributed by atoms with Crippen LogP contribution in [0.15, 0.2) is 0 Å². The van der Waals surface area contributed by atoms with Gasteiger partial charge in [0.15, 0.2) is 0 Å².